The summed E-state index contributed by atoms with van der Waals surface area (Å²) in [6, 6.07) is 6.78. The van der Waals surface area contributed by atoms with Crippen molar-refractivity contribution >= 4 is 10.9 Å². The van der Waals surface area contributed by atoms with Gasteiger partial charge in [0.2, 0.25) is 0 Å². The van der Waals surface area contributed by atoms with Crippen molar-refractivity contribution in [2.24, 2.45) is 11.8 Å². The lowest BCUT2D eigenvalue weighted by molar-refractivity contribution is 0.150. The number of rotatable bonds is 0. The van der Waals surface area contributed by atoms with E-state index in [1.54, 1.807) is 0 Å². The largest absolute Gasteiger partial charge is 0.311 e. The van der Waals surface area contributed by atoms with E-state index in [4.69, 9.17) is 10.4 Å². The topological polar surface area (TPSA) is 41.7 Å². The molecule has 2 atom stereocenters. The first kappa shape index (κ1) is 12.0. The fourth-order valence-corrected chi connectivity index (χ4v) is 5.31. The second-order valence-electron chi connectivity index (χ2n) is 7.42. The number of aryl methyl sites for hydroxylation is 1. The normalized spacial score (nSPS) is 33.2. The van der Waals surface area contributed by atoms with Crippen molar-refractivity contribution < 1.29 is 0 Å². The molecule has 3 heteroatoms. The third-order valence-corrected chi connectivity index (χ3v) is 6.05. The lowest BCUT2D eigenvalue weighted by Crippen LogP contribution is -2.31. The van der Waals surface area contributed by atoms with Crippen molar-refractivity contribution in [3.63, 3.8) is 0 Å². The van der Waals surface area contributed by atoms with Gasteiger partial charge in [0.1, 0.15) is 11.3 Å². The van der Waals surface area contributed by atoms with E-state index in [-0.39, 0.29) is 0 Å². The van der Waals surface area contributed by atoms with E-state index in [9.17, 15) is 0 Å². The average molecular weight is 279 g/mol. The Morgan fingerprint density at radius 1 is 1.10 bits per heavy atom. The van der Waals surface area contributed by atoms with Crippen LogP contribution in [-0.2, 0) is 0 Å². The second-order valence-corrected chi connectivity index (χ2v) is 7.42. The minimum atomic E-state index is 0.529. The highest BCUT2D eigenvalue weighted by Gasteiger charge is 2.43. The maximum Gasteiger partial charge on any atom is 0.135 e. The summed E-state index contributed by atoms with van der Waals surface area (Å²) in [5, 5.41) is 9.79. The first-order valence-electron chi connectivity index (χ1n) is 8.27. The van der Waals surface area contributed by atoms with E-state index in [1.165, 1.54) is 43.5 Å². The van der Waals surface area contributed by atoms with Crippen LogP contribution in [0.15, 0.2) is 18.2 Å². The molecular formula is C18H21N3. The maximum atomic E-state index is 8.77. The summed E-state index contributed by atoms with van der Waals surface area (Å²) in [6.45, 7) is 2.12. The van der Waals surface area contributed by atoms with Crippen LogP contribution in [0, 0.1) is 24.2 Å². The Balaban J connectivity index is 1.87. The summed E-state index contributed by atoms with van der Waals surface area (Å²) in [6.07, 6.45) is 6.58. The molecule has 4 bridgehead atoms. The first-order chi connectivity index (χ1) is 10.2. The molecule has 0 saturated heterocycles. The molecule has 1 aromatic heterocycles. The summed E-state index contributed by atoms with van der Waals surface area (Å²) < 4.78 is 2.31. The smallest absolute Gasteiger partial charge is 0.135 e. The monoisotopic (exact) mass is 279 g/mol. The van der Waals surface area contributed by atoms with Gasteiger partial charge in [-0.2, -0.15) is 0 Å². The fourth-order valence-electron chi connectivity index (χ4n) is 5.31. The zero-order valence-electron chi connectivity index (χ0n) is 12.5. The molecule has 3 heterocycles. The molecule has 2 fully saturated rings. The van der Waals surface area contributed by atoms with E-state index >= 15 is 0 Å². The van der Waals surface area contributed by atoms with E-state index in [1.807, 2.05) is 0 Å². The van der Waals surface area contributed by atoms with Crippen molar-refractivity contribution in [2.75, 3.05) is 0 Å². The molecule has 21 heavy (non-hydrogen) atoms. The minimum Gasteiger partial charge on any atom is -0.311 e. The molecule has 6 rings (SSSR count). The number of hydrogen-bond donors (Lipinski definition) is 1. The molecule has 0 radical (unpaired) electrons. The molecule has 2 unspecified atom stereocenters. The van der Waals surface area contributed by atoms with Gasteiger partial charge in [-0.3, -0.25) is 5.41 Å². The van der Waals surface area contributed by atoms with Crippen LogP contribution in [0.4, 0.5) is 0 Å². The van der Waals surface area contributed by atoms with Gasteiger partial charge in [0.15, 0.2) is 0 Å². The van der Waals surface area contributed by atoms with Gasteiger partial charge in [0.05, 0.1) is 5.52 Å². The number of hydrogen-bond acceptors (Lipinski definition) is 2. The Hall–Kier alpha value is -1.64. The van der Waals surface area contributed by atoms with Crippen molar-refractivity contribution in [3.8, 4) is 0 Å². The minimum absolute atomic E-state index is 0.529. The Morgan fingerprint density at radius 3 is 2.62 bits per heavy atom. The molecule has 2 saturated carbocycles. The van der Waals surface area contributed by atoms with E-state index in [2.05, 4.69) is 29.7 Å². The molecule has 1 N–H and O–H groups in total. The molecule has 4 aliphatic rings. The summed E-state index contributed by atoms with van der Waals surface area (Å²) in [4.78, 5) is 5.08. The lowest BCUT2D eigenvalue weighted by atomic mass is 9.68. The third-order valence-electron chi connectivity index (χ3n) is 6.05. The van der Waals surface area contributed by atoms with Gasteiger partial charge in [-0.1, -0.05) is 12.1 Å². The number of fused-ring (bicyclic) bond motifs is 1. The van der Waals surface area contributed by atoms with Crippen LogP contribution in [0.1, 0.15) is 55.5 Å². The van der Waals surface area contributed by atoms with Gasteiger partial charge < -0.3 is 4.57 Å². The van der Waals surface area contributed by atoms with Gasteiger partial charge >= 0.3 is 0 Å². The van der Waals surface area contributed by atoms with Crippen molar-refractivity contribution in [1.29, 1.82) is 5.41 Å². The van der Waals surface area contributed by atoms with Crippen LogP contribution in [0.3, 0.4) is 0 Å². The highest BCUT2D eigenvalue weighted by atomic mass is 15.1. The molecule has 1 aromatic carbocycles. The Morgan fingerprint density at radius 2 is 1.86 bits per heavy atom. The standard InChI is InChI=1S/C18H21N3/c1-10-3-2-4-15-16(10)20-18-13-6-11-5-12(7-13)9-14(8-11)21(18)17(15)19/h2-4,11-14,19H,5-9H2,1H3. The van der Waals surface area contributed by atoms with Gasteiger partial charge in [-0.05, 0) is 62.5 Å². The van der Waals surface area contributed by atoms with E-state index < -0.39 is 0 Å². The first-order valence-corrected chi connectivity index (χ1v) is 8.27. The van der Waals surface area contributed by atoms with Crippen molar-refractivity contribution in [3.05, 3.63) is 35.1 Å². The average Bonchev–Trinajstić information content (AvgIpc) is 2.62. The molecule has 3 nitrogen and oxygen atoms in total. The Labute approximate surface area is 124 Å². The number of nitrogens with zero attached hydrogens (tertiary/aromatic N) is 2. The summed E-state index contributed by atoms with van der Waals surface area (Å²) in [7, 11) is 0. The van der Waals surface area contributed by atoms with Crippen LogP contribution in [0.5, 0.6) is 0 Å². The SMILES string of the molecule is Cc1cccc2c(=N)n3c(nc12)C1CC2CC(C1)CC3C2. The summed E-state index contributed by atoms with van der Waals surface area (Å²) in [5.74, 6) is 3.56. The maximum absolute atomic E-state index is 8.77. The number of benzene rings is 1. The highest BCUT2D eigenvalue weighted by molar-refractivity contribution is 5.80. The van der Waals surface area contributed by atoms with Gasteiger partial charge in [0, 0.05) is 17.3 Å². The number of para-hydroxylation sites is 1. The Bertz CT molecular complexity index is 790. The molecule has 2 aromatic rings. The summed E-state index contributed by atoms with van der Waals surface area (Å²) >= 11 is 0. The van der Waals surface area contributed by atoms with Crippen LogP contribution >= 0.6 is 0 Å². The van der Waals surface area contributed by atoms with Gasteiger partial charge in [-0.15, -0.1) is 0 Å². The zero-order valence-corrected chi connectivity index (χ0v) is 12.5. The van der Waals surface area contributed by atoms with Crippen molar-refractivity contribution in [1.82, 2.24) is 9.55 Å². The number of nitrogens with one attached hydrogen (secondary N) is 1. The van der Waals surface area contributed by atoms with Crippen LogP contribution in [-0.4, -0.2) is 9.55 Å². The van der Waals surface area contributed by atoms with Crippen molar-refractivity contribution in [2.45, 2.75) is 51.0 Å². The van der Waals surface area contributed by atoms with Crippen LogP contribution in [0.25, 0.3) is 10.9 Å². The molecule has 0 amide bonds. The Kier molecular flexibility index (Phi) is 2.26. The van der Waals surface area contributed by atoms with E-state index in [0.29, 0.717) is 17.4 Å². The van der Waals surface area contributed by atoms with Crippen LogP contribution in [0.2, 0.25) is 0 Å². The van der Waals surface area contributed by atoms with Gasteiger partial charge in [-0.25, -0.2) is 4.98 Å². The third kappa shape index (κ3) is 1.55. The molecule has 0 spiro atoms. The predicted octanol–water partition coefficient (Wildman–Crippen LogP) is 3.67. The quantitative estimate of drug-likeness (QED) is 0.785. The van der Waals surface area contributed by atoms with E-state index in [0.717, 1.165) is 22.7 Å². The fraction of sp³-hybridized carbons (Fsp3) is 0.556. The second kappa shape index (κ2) is 3.96. The number of aromatic nitrogens is 2. The van der Waals surface area contributed by atoms with Crippen LogP contribution < -0.4 is 5.49 Å². The molecule has 108 valence electrons. The summed E-state index contributed by atoms with van der Waals surface area (Å²) in [5.41, 5.74) is 2.96. The lowest BCUT2D eigenvalue weighted by Gasteiger charge is -2.37. The molecule has 2 aliphatic carbocycles. The predicted molar refractivity (Wildman–Crippen MR) is 82.2 cm³/mol. The van der Waals surface area contributed by atoms with Gasteiger partial charge in [0.25, 0.3) is 0 Å². The molecular weight excluding hydrogens is 258 g/mol. The highest BCUT2D eigenvalue weighted by Crippen LogP contribution is 2.52. The zero-order chi connectivity index (χ0) is 14.1. The molecule has 2 aliphatic heterocycles.